The van der Waals surface area contributed by atoms with Crippen LogP contribution in [0.25, 0.3) is 0 Å². The summed E-state index contributed by atoms with van der Waals surface area (Å²) in [4.78, 5) is 1.95. The zero-order chi connectivity index (χ0) is 13.1. The molecule has 6 nitrogen and oxygen atoms in total. The summed E-state index contributed by atoms with van der Waals surface area (Å²) in [6.07, 6.45) is 3.83. The van der Waals surface area contributed by atoms with Crippen LogP contribution in [-0.4, -0.2) is 40.6 Å². The van der Waals surface area contributed by atoms with Gasteiger partial charge in [0.2, 0.25) is 5.13 Å². The summed E-state index contributed by atoms with van der Waals surface area (Å²) in [5.74, 6) is 0. The number of hydrogen-bond acceptors (Lipinski definition) is 7. The summed E-state index contributed by atoms with van der Waals surface area (Å²) >= 11 is 3.20. The van der Waals surface area contributed by atoms with Gasteiger partial charge in [-0.15, -0.1) is 10.2 Å². The minimum atomic E-state index is 0.168. The van der Waals surface area contributed by atoms with E-state index in [1.807, 2.05) is 38.4 Å². The molecule has 1 unspecified atom stereocenters. The molecule has 0 saturated heterocycles. The van der Waals surface area contributed by atoms with Gasteiger partial charge in [-0.25, -0.2) is 0 Å². The summed E-state index contributed by atoms with van der Waals surface area (Å²) in [5, 5.41) is 13.5. The van der Waals surface area contributed by atoms with Crippen LogP contribution in [-0.2, 0) is 7.05 Å². The number of rotatable bonds is 5. The van der Waals surface area contributed by atoms with Gasteiger partial charge in [0, 0.05) is 39.4 Å². The van der Waals surface area contributed by atoms with Crippen LogP contribution >= 0.6 is 23.1 Å². The monoisotopic (exact) mass is 284 g/mol. The van der Waals surface area contributed by atoms with E-state index in [1.165, 1.54) is 0 Å². The Hall–Kier alpha value is -1.12. The topological polar surface area (TPSA) is 72.9 Å². The number of hydrogen-bond donors (Lipinski definition) is 1. The van der Waals surface area contributed by atoms with E-state index in [0.29, 0.717) is 6.54 Å². The van der Waals surface area contributed by atoms with Crippen LogP contribution in [0.1, 0.15) is 10.8 Å². The van der Waals surface area contributed by atoms with E-state index in [-0.39, 0.29) is 5.25 Å². The molecule has 2 aromatic heterocycles. The molecule has 8 heteroatoms. The van der Waals surface area contributed by atoms with Crippen molar-refractivity contribution in [2.45, 2.75) is 9.59 Å². The van der Waals surface area contributed by atoms with Gasteiger partial charge in [0.15, 0.2) is 4.34 Å². The smallest absolute Gasteiger partial charge is 0.208 e. The van der Waals surface area contributed by atoms with Gasteiger partial charge in [-0.2, -0.15) is 5.10 Å². The first-order valence-corrected chi connectivity index (χ1v) is 7.16. The van der Waals surface area contributed by atoms with Gasteiger partial charge < -0.3 is 10.6 Å². The van der Waals surface area contributed by atoms with E-state index in [2.05, 4.69) is 15.3 Å². The van der Waals surface area contributed by atoms with Crippen LogP contribution in [0.5, 0.6) is 0 Å². The molecule has 2 rings (SSSR count). The molecule has 0 spiro atoms. The average molecular weight is 284 g/mol. The minimum Gasteiger partial charge on any atom is -0.353 e. The van der Waals surface area contributed by atoms with E-state index >= 15 is 0 Å². The summed E-state index contributed by atoms with van der Waals surface area (Å²) in [5.41, 5.74) is 6.93. The maximum Gasteiger partial charge on any atom is 0.208 e. The van der Waals surface area contributed by atoms with Crippen molar-refractivity contribution in [2.24, 2.45) is 12.8 Å². The van der Waals surface area contributed by atoms with Gasteiger partial charge in [-0.3, -0.25) is 4.68 Å². The number of thioether (sulfide) groups is 1. The lowest BCUT2D eigenvalue weighted by Gasteiger charge is -2.09. The number of aryl methyl sites for hydroxylation is 1. The Kier molecular flexibility index (Phi) is 4.20. The number of nitrogens with zero attached hydrogens (tertiary/aromatic N) is 5. The van der Waals surface area contributed by atoms with Gasteiger partial charge in [0.25, 0.3) is 0 Å². The molecule has 0 aliphatic carbocycles. The van der Waals surface area contributed by atoms with Gasteiger partial charge in [0.1, 0.15) is 0 Å². The van der Waals surface area contributed by atoms with Crippen molar-refractivity contribution in [1.29, 1.82) is 0 Å². The van der Waals surface area contributed by atoms with E-state index in [4.69, 9.17) is 5.73 Å². The quantitative estimate of drug-likeness (QED) is 0.830. The second-order valence-corrected chi connectivity index (χ2v) is 6.44. The van der Waals surface area contributed by atoms with Crippen LogP contribution in [0, 0.1) is 0 Å². The normalized spacial score (nSPS) is 12.7. The Morgan fingerprint density at radius 1 is 1.50 bits per heavy atom. The van der Waals surface area contributed by atoms with Crippen LogP contribution in [0.4, 0.5) is 5.13 Å². The molecule has 0 aliphatic heterocycles. The standard InChI is InChI=1S/C10H16N6S2/c1-15(2)9-13-14-10(18-9)17-8(4-11)7-5-12-16(3)6-7/h5-6,8H,4,11H2,1-3H3. The third-order valence-corrected chi connectivity index (χ3v) is 4.79. The van der Waals surface area contributed by atoms with Crippen molar-refractivity contribution in [3.8, 4) is 0 Å². The Balaban J connectivity index is 2.10. The molecule has 0 amide bonds. The van der Waals surface area contributed by atoms with Gasteiger partial charge in [-0.1, -0.05) is 23.1 Å². The lowest BCUT2D eigenvalue weighted by molar-refractivity contribution is 0.766. The van der Waals surface area contributed by atoms with Gasteiger partial charge in [-0.05, 0) is 0 Å². The Morgan fingerprint density at radius 3 is 2.78 bits per heavy atom. The largest absolute Gasteiger partial charge is 0.353 e. The Bertz CT molecular complexity index is 506. The fourth-order valence-electron chi connectivity index (χ4n) is 1.41. The zero-order valence-electron chi connectivity index (χ0n) is 10.6. The highest BCUT2D eigenvalue weighted by Crippen LogP contribution is 2.37. The summed E-state index contributed by atoms with van der Waals surface area (Å²) in [7, 11) is 5.81. The predicted molar refractivity (Wildman–Crippen MR) is 75.1 cm³/mol. The minimum absolute atomic E-state index is 0.168. The van der Waals surface area contributed by atoms with Crippen LogP contribution < -0.4 is 10.6 Å². The molecule has 0 aliphatic rings. The van der Waals surface area contributed by atoms with Crippen LogP contribution in [0.15, 0.2) is 16.7 Å². The molecule has 0 fully saturated rings. The maximum atomic E-state index is 5.82. The predicted octanol–water partition coefficient (Wildman–Crippen LogP) is 1.13. The highest BCUT2D eigenvalue weighted by atomic mass is 32.2. The Labute approximate surface area is 114 Å². The molecular formula is C10H16N6S2. The van der Waals surface area contributed by atoms with Crippen molar-refractivity contribution in [1.82, 2.24) is 20.0 Å². The van der Waals surface area contributed by atoms with E-state index in [1.54, 1.807) is 27.8 Å². The molecule has 0 aromatic carbocycles. The zero-order valence-corrected chi connectivity index (χ0v) is 12.2. The number of anilines is 1. The molecule has 2 aromatic rings. The van der Waals surface area contributed by atoms with Crippen LogP contribution in [0.2, 0.25) is 0 Å². The summed E-state index contributed by atoms with van der Waals surface area (Å²) in [6, 6.07) is 0. The first kappa shape index (κ1) is 13.3. The average Bonchev–Trinajstić information content (AvgIpc) is 2.94. The molecule has 2 heterocycles. The molecule has 0 radical (unpaired) electrons. The van der Waals surface area contributed by atoms with Gasteiger partial charge in [0.05, 0.1) is 11.4 Å². The van der Waals surface area contributed by atoms with E-state index in [0.717, 1.165) is 15.0 Å². The molecule has 2 N–H and O–H groups in total. The second kappa shape index (κ2) is 5.68. The lowest BCUT2D eigenvalue weighted by Crippen LogP contribution is -2.08. The number of nitrogens with two attached hydrogens (primary N) is 1. The fourth-order valence-corrected chi connectivity index (χ4v) is 3.36. The summed E-state index contributed by atoms with van der Waals surface area (Å²) in [6.45, 7) is 0.549. The fraction of sp³-hybridized carbons (Fsp3) is 0.500. The van der Waals surface area contributed by atoms with Crippen molar-refractivity contribution in [3.05, 3.63) is 18.0 Å². The lowest BCUT2D eigenvalue weighted by atomic mass is 10.2. The Morgan fingerprint density at radius 2 is 2.28 bits per heavy atom. The van der Waals surface area contributed by atoms with Crippen LogP contribution in [0.3, 0.4) is 0 Å². The first-order valence-electron chi connectivity index (χ1n) is 5.46. The van der Waals surface area contributed by atoms with E-state index in [9.17, 15) is 0 Å². The molecular weight excluding hydrogens is 268 g/mol. The summed E-state index contributed by atoms with van der Waals surface area (Å²) < 4.78 is 2.71. The highest BCUT2D eigenvalue weighted by molar-refractivity contribution is 8.01. The van der Waals surface area contributed by atoms with Crippen molar-refractivity contribution in [2.75, 3.05) is 25.5 Å². The molecule has 0 bridgehead atoms. The molecule has 98 valence electrons. The first-order chi connectivity index (χ1) is 8.60. The highest BCUT2D eigenvalue weighted by Gasteiger charge is 2.16. The SMILES string of the molecule is CN(C)c1nnc(SC(CN)c2cnn(C)c2)s1. The molecule has 0 saturated carbocycles. The molecule has 18 heavy (non-hydrogen) atoms. The second-order valence-electron chi connectivity index (χ2n) is 4.03. The van der Waals surface area contributed by atoms with Crippen molar-refractivity contribution in [3.63, 3.8) is 0 Å². The van der Waals surface area contributed by atoms with Crippen molar-refractivity contribution >= 4 is 28.2 Å². The van der Waals surface area contributed by atoms with Gasteiger partial charge >= 0.3 is 0 Å². The van der Waals surface area contributed by atoms with E-state index < -0.39 is 0 Å². The van der Waals surface area contributed by atoms with Crippen molar-refractivity contribution < 1.29 is 0 Å². The molecule has 1 atom stereocenters. The third-order valence-electron chi connectivity index (χ3n) is 2.33. The maximum absolute atomic E-state index is 5.82. The number of aromatic nitrogens is 4. The third kappa shape index (κ3) is 3.01.